The summed E-state index contributed by atoms with van der Waals surface area (Å²) >= 11 is 0. The molecule has 7 nitrogen and oxygen atoms in total. The molecule has 3 aromatic rings. The first kappa shape index (κ1) is 22.5. The van der Waals surface area contributed by atoms with Crippen LogP contribution in [0.4, 0.5) is 0 Å². The lowest BCUT2D eigenvalue weighted by atomic mass is 10.1. The average Bonchev–Trinajstić information content (AvgIpc) is 2.82. The molecule has 0 heterocycles. The summed E-state index contributed by atoms with van der Waals surface area (Å²) in [5.41, 5.74) is 1.85. The Morgan fingerprint density at radius 2 is 1.61 bits per heavy atom. The van der Waals surface area contributed by atoms with Gasteiger partial charge < -0.3 is 15.2 Å². The van der Waals surface area contributed by atoms with E-state index in [2.05, 4.69) is 10.0 Å². The van der Waals surface area contributed by atoms with Gasteiger partial charge in [0.05, 0.1) is 18.1 Å². The van der Waals surface area contributed by atoms with Crippen LogP contribution < -0.4 is 14.8 Å². The van der Waals surface area contributed by atoms with E-state index in [-0.39, 0.29) is 23.9 Å². The van der Waals surface area contributed by atoms with Crippen molar-refractivity contribution in [2.24, 2.45) is 0 Å². The van der Waals surface area contributed by atoms with Crippen LogP contribution in [-0.2, 0) is 16.6 Å². The summed E-state index contributed by atoms with van der Waals surface area (Å²) < 4.78 is 32.4. The molecule has 0 saturated carbocycles. The molecule has 0 aliphatic rings. The number of aliphatic hydroxyl groups excluding tert-OH is 1. The van der Waals surface area contributed by atoms with Crippen molar-refractivity contribution in [3.05, 3.63) is 95.6 Å². The van der Waals surface area contributed by atoms with Crippen molar-refractivity contribution < 1.29 is 23.1 Å². The first-order chi connectivity index (χ1) is 14.9. The largest absolute Gasteiger partial charge is 0.497 e. The fourth-order valence-electron chi connectivity index (χ4n) is 2.88. The Kier molecular flexibility index (Phi) is 7.41. The van der Waals surface area contributed by atoms with E-state index < -0.39 is 16.1 Å². The zero-order chi connectivity index (χ0) is 22.3. The Hall–Kier alpha value is -3.20. The molecule has 8 heteroatoms. The maximum atomic E-state index is 12.4. The number of hydrogen-bond acceptors (Lipinski definition) is 5. The summed E-state index contributed by atoms with van der Waals surface area (Å²) in [6.07, 6.45) is -0.795. The summed E-state index contributed by atoms with van der Waals surface area (Å²) in [5.74, 6) is 0.254. The third-order valence-electron chi connectivity index (χ3n) is 4.69. The Morgan fingerprint density at radius 1 is 0.968 bits per heavy atom. The molecule has 1 amide bonds. The highest BCUT2D eigenvalue weighted by molar-refractivity contribution is 7.89. The van der Waals surface area contributed by atoms with Gasteiger partial charge in [-0.05, 0) is 47.5 Å². The summed E-state index contributed by atoms with van der Waals surface area (Å²) in [7, 11) is -2.16. The topological polar surface area (TPSA) is 105 Å². The maximum Gasteiger partial charge on any atom is 0.251 e. The minimum atomic E-state index is -3.67. The SMILES string of the molecule is COc1ccc(S(=O)(=O)NCc2ccc(C(=O)NC[C@@H](O)c3ccccc3)cc2)cc1. The molecule has 162 valence electrons. The maximum absolute atomic E-state index is 12.4. The number of amides is 1. The van der Waals surface area contributed by atoms with E-state index in [1.54, 1.807) is 48.5 Å². The molecule has 0 radical (unpaired) electrons. The molecule has 0 saturated heterocycles. The van der Waals surface area contributed by atoms with Crippen molar-refractivity contribution in [1.29, 1.82) is 0 Å². The van der Waals surface area contributed by atoms with Crippen LogP contribution in [0.25, 0.3) is 0 Å². The van der Waals surface area contributed by atoms with E-state index in [1.165, 1.54) is 19.2 Å². The van der Waals surface area contributed by atoms with Gasteiger partial charge in [0.2, 0.25) is 10.0 Å². The predicted molar refractivity (Wildman–Crippen MR) is 117 cm³/mol. The van der Waals surface area contributed by atoms with Crippen LogP contribution in [0.2, 0.25) is 0 Å². The Bertz CT molecular complexity index is 1100. The fraction of sp³-hybridized carbons (Fsp3) is 0.174. The monoisotopic (exact) mass is 440 g/mol. The second-order valence-electron chi connectivity index (χ2n) is 6.83. The third kappa shape index (κ3) is 6.14. The minimum absolute atomic E-state index is 0.0863. The first-order valence-electron chi connectivity index (χ1n) is 9.63. The summed E-state index contributed by atoms with van der Waals surface area (Å²) in [6.45, 7) is 0.176. The quantitative estimate of drug-likeness (QED) is 0.475. The van der Waals surface area contributed by atoms with Crippen LogP contribution in [0.3, 0.4) is 0 Å². The molecule has 0 aliphatic heterocycles. The van der Waals surface area contributed by atoms with Crippen LogP contribution in [0.5, 0.6) is 5.75 Å². The first-order valence-corrected chi connectivity index (χ1v) is 11.1. The molecule has 0 unspecified atom stereocenters. The highest BCUT2D eigenvalue weighted by Crippen LogP contribution is 2.16. The van der Waals surface area contributed by atoms with Crippen LogP contribution in [-0.4, -0.2) is 33.1 Å². The Balaban J connectivity index is 1.54. The van der Waals surface area contributed by atoms with Crippen molar-refractivity contribution in [2.75, 3.05) is 13.7 Å². The number of hydrogen-bond donors (Lipinski definition) is 3. The van der Waals surface area contributed by atoms with Gasteiger partial charge >= 0.3 is 0 Å². The van der Waals surface area contributed by atoms with Crippen LogP contribution >= 0.6 is 0 Å². The van der Waals surface area contributed by atoms with Gasteiger partial charge in [-0.1, -0.05) is 42.5 Å². The minimum Gasteiger partial charge on any atom is -0.497 e. The fourth-order valence-corrected chi connectivity index (χ4v) is 3.89. The van der Waals surface area contributed by atoms with Gasteiger partial charge in [-0.15, -0.1) is 0 Å². The molecule has 0 bridgehead atoms. The summed E-state index contributed by atoms with van der Waals surface area (Å²) in [5, 5.41) is 12.8. The van der Waals surface area contributed by atoms with Crippen LogP contribution in [0.15, 0.2) is 83.8 Å². The number of methoxy groups -OCH3 is 1. The number of benzene rings is 3. The number of sulfonamides is 1. The molecule has 31 heavy (non-hydrogen) atoms. The molecule has 0 fully saturated rings. The highest BCUT2D eigenvalue weighted by Gasteiger charge is 2.14. The smallest absolute Gasteiger partial charge is 0.251 e. The zero-order valence-electron chi connectivity index (χ0n) is 17.0. The van der Waals surface area contributed by atoms with Crippen molar-refractivity contribution in [1.82, 2.24) is 10.0 Å². The number of carbonyl (C=O) groups is 1. The average molecular weight is 441 g/mol. The van der Waals surface area contributed by atoms with Gasteiger partial charge in [0.15, 0.2) is 0 Å². The molecule has 0 spiro atoms. The summed E-state index contributed by atoms with van der Waals surface area (Å²) in [6, 6.07) is 21.8. The Labute approximate surface area is 181 Å². The van der Waals surface area contributed by atoms with Gasteiger partial charge in [0.1, 0.15) is 5.75 Å². The second-order valence-corrected chi connectivity index (χ2v) is 8.60. The van der Waals surface area contributed by atoms with E-state index in [0.29, 0.717) is 16.9 Å². The molecule has 3 N–H and O–H groups in total. The molecule has 1 atom stereocenters. The van der Waals surface area contributed by atoms with Gasteiger partial charge in [0.25, 0.3) is 5.91 Å². The van der Waals surface area contributed by atoms with Crippen LogP contribution in [0.1, 0.15) is 27.6 Å². The van der Waals surface area contributed by atoms with Gasteiger partial charge in [-0.2, -0.15) is 0 Å². The standard InChI is InChI=1S/C23H24N2O5S/c1-30-20-11-13-21(14-12-20)31(28,29)25-15-17-7-9-19(10-8-17)23(27)24-16-22(26)18-5-3-2-4-6-18/h2-14,22,25-26H,15-16H2,1H3,(H,24,27)/t22-/m1/s1. The van der Waals surface area contributed by atoms with Crippen LogP contribution in [0, 0.1) is 0 Å². The molecule has 3 aromatic carbocycles. The predicted octanol–water partition coefficient (Wildman–Crippen LogP) is 2.64. The van der Waals surface area contributed by atoms with Crippen molar-refractivity contribution in [2.45, 2.75) is 17.5 Å². The lowest BCUT2D eigenvalue weighted by molar-refractivity contribution is 0.0916. The molecular weight excluding hydrogens is 416 g/mol. The lowest BCUT2D eigenvalue weighted by Gasteiger charge is -2.12. The summed E-state index contributed by atoms with van der Waals surface area (Å²) in [4.78, 5) is 12.4. The van der Waals surface area contributed by atoms with E-state index >= 15 is 0 Å². The molecule has 0 aromatic heterocycles. The van der Waals surface area contributed by atoms with Crippen molar-refractivity contribution >= 4 is 15.9 Å². The van der Waals surface area contributed by atoms with E-state index in [0.717, 1.165) is 5.56 Å². The Morgan fingerprint density at radius 3 is 2.23 bits per heavy atom. The van der Waals surface area contributed by atoms with E-state index in [9.17, 15) is 18.3 Å². The highest BCUT2D eigenvalue weighted by atomic mass is 32.2. The van der Waals surface area contributed by atoms with E-state index in [4.69, 9.17) is 4.74 Å². The van der Waals surface area contributed by atoms with E-state index in [1.807, 2.05) is 18.2 Å². The normalized spacial score (nSPS) is 12.2. The lowest BCUT2D eigenvalue weighted by Crippen LogP contribution is -2.28. The number of aliphatic hydroxyl groups is 1. The molecule has 3 rings (SSSR count). The van der Waals surface area contributed by atoms with Crippen molar-refractivity contribution in [3.63, 3.8) is 0 Å². The van der Waals surface area contributed by atoms with Crippen molar-refractivity contribution in [3.8, 4) is 5.75 Å². The van der Waals surface area contributed by atoms with Gasteiger partial charge in [-0.3, -0.25) is 4.79 Å². The second kappa shape index (κ2) is 10.2. The number of rotatable bonds is 9. The number of ether oxygens (including phenoxy) is 1. The molecule has 0 aliphatic carbocycles. The van der Waals surface area contributed by atoms with Gasteiger partial charge in [0, 0.05) is 18.7 Å². The number of nitrogens with one attached hydrogen (secondary N) is 2. The third-order valence-corrected chi connectivity index (χ3v) is 6.11. The van der Waals surface area contributed by atoms with Gasteiger partial charge in [-0.25, -0.2) is 13.1 Å². The zero-order valence-corrected chi connectivity index (χ0v) is 17.8. The molecular formula is C23H24N2O5S. The number of carbonyl (C=O) groups excluding carboxylic acids is 1.